The monoisotopic (exact) mass is 258 g/mol. The van der Waals surface area contributed by atoms with Gasteiger partial charge in [-0.15, -0.1) is 22.2 Å². The highest BCUT2D eigenvalue weighted by Gasteiger charge is 2.26. The molecule has 0 N–H and O–H groups in total. The fourth-order valence-electron chi connectivity index (χ4n) is 1.17. The summed E-state index contributed by atoms with van der Waals surface area (Å²) >= 11 is 0.977. The van der Waals surface area contributed by atoms with Gasteiger partial charge in [0.05, 0.1) is 0 Å². The van der Waals surface area contributed by atoms with Crippen LogP contribution in [0.1, 0.15) is 0 Å². The summed E-state index contributed by atoms with van der Waals surface area (Å²) in [5.41, 5.74) is -0.110. The molecule has 17 heavy (non-hydrogen) atoms. The second-order valence-corrected chi connectivity index (χ2v) is 4.38. The van der Waals surface area contributed by atoms with Gasteiger partial charge in [0, 0.05) is 6.20 Å². The lowest BCUT2D eigenvalue weighted by Crippen LogP contribution is -2.20. The van der Waals surface area contributed by atoms with Crippen LogP contribution in [-0.2, 0) is 0 Å². The van der Waals surface area contributed by atoms with Crippen molar-refractivity contribution in [2.45, 2.75) is 5.16 Å². The first-order chi connectivity index (χ1) is 7.98. The predicted octanol–water partition coefficient (Wildman–Crippen LogP) is 2.76. The number of pyridine rings is 1. The quantitative estimate of drug-likeness (QED) is 0.624. The van der Waals surface area contributed by atoms with Crippen LogP contribution < -0.4 is 0 Å². The predicted molar refractivity (Wildman–Crippen MR) is 61.9 cm³/mol. The van der Waals surface area contributed by atoms with Crippen LogP contribution in [0.25, 0.3) is 5.65 Å². The van der Waals surface area contributed by atoms with E-state index in [-0.39, 0.29) is 5.75 Å². The molecule has 0 unspecified atom stereocenters. The first kappa shape index (κ1) is 12.0. The van der Waals surface area contributed by atoms with Gasteiger partial charge in [-0.25, -0.2) is 0 Å². The first-order valence-corrected chi connectivity index (χ1v) is 5.77. The average Bonchev–Trinajstić information content (AvgIpc) is 2.68. The fraction of sp³-hybridized carbons (Fsp3) is 0.111. The minimum absolute atomic E-state index is 0.223. The minimum atomic E-state index is -4.97. The van der Waals surface area contributed by atoms with Gasteiger partial charge in [0.2, 0.25) is 0 Å². The first-order valence-electron chi connectivity index (χ1n) is 4.78. The van der Waals surface area contributed by atoms with Crippen molar-refractivity contribution < 1.29 is 12.9 Å². The smallest absolute Gasteiger partial charge is 0.445 e. The third-order valence-electron chi connectivity index (χ3n) is 2.13. The van der Waals surface area contributed by atoms with E-state index in [0.29, 0.717) is 10.8 Å². The molecule has 0 amide bonds. The van der Waals surface area contributed by atoms with Gasteiger partial charge in [0.15, 0.2) is 10.8 Å². The van der Waals surface area contributed by atoms with Crippen LogP contribution in [0, 0.1) is 0 Å². The average molecular weight is 258 g/mol. The number of nitrogens with zero attached hydrogens (tertiary/aromatic N) is 3. The van der Waals surface area contributed by atoms with E-state index in [0.717, 1.165) is 11.8 Å². The molecule has 2 aromatic heterocycles. The van der Waals surface area contributed by atoms with Gasteiger partial charge in [-0.1, -0.05) is 17.8 Å². The van der Waals surface area contributed by atoms with Crippen molar-refractivity contribution in [1.29, 1.82) is 0 Å². The molecule has 0 aliphatic rings. The Morgan fingerprint density at radius 3 is 2.82 bits per heavy atom. The van der Waals surface area contributed by atoms with E-state index < -0.39 is 12.4 Å². The van der Waals surface area contributed by atoms with Gasteiger partial charge in [-0.3, -0.25) is 4.40 Å². The van der Waals surface area contributed by atoms with Crippen LogP contribution in [0.15, 0.2) is 41.6 Å². The van der Waals surface area contributed by atoms with E-state index in [1.807, 2.05) is 0 Å². The van der Waals surface area contributed by atoms with Crippen molar-refractivity contribution in [1.82, 2.24) is 14.6 Å². The fourth-order valence-corrected chi connectivity index (χ4v) is 2.07. The zero-order valence-corrected chi connectivity index (χ0v) is 9.50. The Morgan fingerprint density at radius 1 is 1.35 bits per heavy atom. The molecule has 0 aliphatic heterocycles. The minimum Gasteiger partial charge on any atom is -0.445 e. The second-order valence-electron chi connectivity index (χ2n) is 3.43. The zero-order chi connectivity index (χ0) is 12.5. The SMILES string of the molecule is C=C(CSc1nnc2ccccn12)[B-](F)(F)F. The van der Waals surface area contributed by atoms with Crippen molar-refractivity contribution >= 4 is 24.4 Å². The van der Waals surface area contributed by atoms with E-state index >= 15 is 0 Å². The summed E-state index contributed by atoms with van der Waals surface area (Å²) in [6.07, 6.45) is 1.71. The molecule has 0 saturated carbocycles. The van der Waals surface area contributed by atoms with E-state index in [1.54, 1.807) is 28.8 Å². The molecule has 0 atom stereocenters. The number of halogens is 3. The molecular weight excluding hydrogens is 250 g/mol. The summed E-state index contributed by atoms with van der Waals surface area (Å²) < 4.78 is 38.5. The number of hydrogen-bond donors (Lipinski definition) is 0. The van der Waals surface area contributed by atoms with Crippen LogP contribution >= 0.6 is 11.8 Å². The summed E-state index contributed by atoms with van der Waals surface area (Å²) in [5, 5.41) is 8.10. The zero-order valence-electron chi connectivity index (χ0n) is 8.68. The summed E-state index contributed by atoms with van der Waals surface area (Å²) in [7, 11) is 0. The molecule has 0 fully saturated rings. The van der Waals surface area contributed by atoms with E-state index in [2.05, 4.69) is 16.8 Å². The molecule has 0 bridgehead atoms. The molecule has 0 spiro atoms. The third-order valence-corrected chi connectivity index (χ3v) is 3.18. The van der Waals surface area contributed by atoms with Crippen molar-refractivity contribution in [2.24, 2.45) is 0 Å². The maximum absolute atomic E-state index is 12.3. The Kier molecular flexibility index (Phi) is 3.14. The standard InChI is InChI=1S/C9H8BF3N3S/c1-7(10(11,12)13)6-17-9-15-14-8-4-2-3-5-16(8)9/h2-5H,1,6H2/q-1. The molecule has 0 aromatic carbocycles. The molecule has 0 aliphatic carbocycles. The lowest BCUT2D eigenvalue weighted by Gasteiger charge is -2.16. The van der Waals surface area contributed by atoms with Gasteiger partial charge in [0.1, 0.15) is 0 Å². The van der Waals surface area contributed by atoms with Gasteiger partial charge in [-0.05, 0) is 17.9 Å². The maximum Gasteiger partial charge on any atom is 0.505 e. The molecule has 2 heterocycles. The van der Waals surface area contributed by atoms with E-state index in [1.165, 1.54) is 0 Å². The third kappa shape index (κ3) is 2.63. The molecule has 3 nitrogen and oxygen atoms in total. The summed E-state index contributed by atoms with van der Waals surface area (Å²) in [4.78, 5) is 0. The van der Waals surface area contributed by atoms with Crippen LogP contribution in [0.2, 0.25) is 0 Å². The van der Waals surface area contributed by atoms with Crippen LogP contribution in [-0.4, -0.2) is 27.3 Å². The Morgan fingerprint density at radius 2 is 2.12 bits per heavy atom. The summed E-state index contributed by atoms with van der Waals surface area (Å²) in [5.74, 6) is -0.223. The van der Waals surface area contributed by atoms with Gasteiger partial charge in [-0.2, -0.15) is 0 Å². The summed E-state index contributed by atoms with van der Waals surface area (Å²) in [6, 6.07) is 5.29. The second kappa shape index (κ2) is 4.44. The number of rotatable bonds is 4. The van der Waals surface area contributed by atoms with Crippen molar-refractivity contribution in [3.05, 3.63) is 36.4 Å². The van der Waals surface area contributed by atoms with Gasteiger partial charge < -0.3 is 12.9 Å². The molecule has 2 rings (SSSR count). The molecule has 90 valence electrons. The van der Waals surface area contributed by atoms with E-state index in [9.17, 15) is 12.9 Å². The van der Waals surface area contributed by atoms with Crippen molar-refractivity contribution in [3.8, 4) is 0 Å². The van der Waals surface area contributed by atoms with Crippen molar-refractivity contribution in [3.63, 3.8) is 0 Å². The van der Waals surface area contributed by atoms with E-state index in [4.69, 9.17) is 0 Å². The highest BCUT2D eigenvalue weighted by atomic mass is 32.2. The van der Waals surface area contributed by atoms with Crippen LogP contribution in [0.3, 0.4) is 0 Å². The maximum atomic E-state index is 12.3. The Balaban J connectivity index is 2.12. The topological polar surface area (TPSA) is 30.2 Å². The molecule has 2 aromatic rings. The number of fused-ring (bicyclic) bond motifs is 1. The molecule has 0 saturated heterocycles. The lowest BCUT2D eigenvalue weighted by molar-refractivity contribution is 0.491. The highest BCUT2D eigenvalue weighted by Crippen LogP contribution is 2.25. The van der Waals surface area contributed by atoms with Gasteiger partial charge in [0.25, 0.3) is 0 Å². The molecule has 8 heteroatoms. The molecule has 0 radical (unpaired) electrons. The highest BCUT2D eigenvalue weighted by molar-refractivity contribution is 7.99. The van der Waals surface area contributed by atoms with Crippen molar-refractivity contribution in [2.75, 3.05) is 5.75 Å². The van der Waals surface area contributed by atoms with Gasteiger partial charge >= 0.3 is 6.98 Å². The largest absolute Gasteiger partial charge is 0.505 e. The normalized spacial score (nSPS) is 11.9. The lowest BCUT2D eigenvalue weighted by atomic mass is 9.82. The van der Waals surface area contributed by atoms with Crippen LogP contribution in [0.5, 0.6) is 0 Å². The molecular formula is C9H8BF3N3S-. The Bertz CT molecular complexity index is 552. The Hall–Kier alpha value is -1.44. The Labute approximate surface area is 99.8 Å². The number of hydrogen-bond acceptors (Lipinski definition) is 3. The van der Waals surface area contributed by atoms with Crippen LogP contribution in [0.4, 0.5) is 12.9 Å². The summed E-state index contributed by atoms with van der Waals surface area (Å²) in [6.45, 7) is -1.94. The number of thioether (sulfide) groups is 1. The number of aromatic nitrogens is 3.